The molecule has 0 saturated heterocycles. The van der Waals surface area contributed by atoms with Crippen LogP contribution in [0.2, 0.25) is 15.1 Å². The van der Waals surface area contributed by atoms with Gasteiger partial charge in [-0.1, -0.05) is 40.9 Å². The number of ether oxygens (including phenoxy) is 2. The lowest BCUT2D eigenvalue weighted by Crippen LogP contribution is -2.13. The fourth-order valence-electron chi connectivity index (χ4n) is 2.03. The molecular formula is C16H16Cl3NO2. The van der Waals surface area contributed by atoms with Crippen LogP contribution in [-0.2, 0) is 13.1 Å². The molecule has 0 atom stereocenters. The third-order valence-electron chi connectivity index (χ3n) is 3.20. The predicted molar refractivity (Wildman–Crippen MR) is 91.6 cm³/mol. The number of methoxy groups -OCH3 is 2. The standard InChI is InChI=1S/C16H16Cl3NO2/c1-21-15-5-11(14(19)7-16(15)22-2)9-20-8-10-3-4-12(17)6-13(10)18/h3-7,20H,8-9H2,1-2H3. The first-order chi connectivity index (χ1) is 10.5. The number of rotatable bonds is 6. The zero-order chi connectivity index (χ0) is 16.1. The number of hydrogen-bond acceptors (Lipinski definition) is 3. The summed E-state index contributed by atoms with van der Waals surface area (Å²) >= 11 is 18.3. The molecule has 0 heterocycles. The van der Waals surface area contributed by atoms with Gasteiger partial charge in [-0.3, -0.25) is 0 Å². The van der Waals surface area contributed by atoms with Crippen molar-refractivity contribution in [3.63, 3.8) is 0 Å². The SMILES string of the molecule is COc1cc(Cl)c(CNCc2ccc(Cl)cc2Cl)cc1OC. The van der Waals surface area contributed by atoms with Crippen molar-refractivity contribution < 1.29 is 9.47 Å². The predicted octanol–water partition coefficient (Wildman–Crippen LogP) is 4.95. The first kappa shape index (κ1) is 17.2. The summed E-state index contributed by atoms with van der Waals surface area (Å²) in [4.78, 5) is 0. The van der Waals surface area contributed by atoms with Gasteiger partial charge in [-0.2, -0.15) is 0 Å². The van der Waals surface area contributed by atoms with E-state index < -0.39 is 0 Å². The van der Waals surface area contributed by atoms with E-state index in [1.165, 1.54) is 0 Å². The van der Waals surface area contributed by atoms with Crippen LogP contribution in [0.1, 0.15) is 11.1 Å². The van der Waals surface area contributed by atoms with E-state index >= 15 is 0 Å². The zero-order valence-corrected chi connectivity index (χ0v) is 14.5. The largest absolute Gasteiger partial charge is 0.493 e. The molecular weight excluding hydrogens is 345 g/mol. The molecule has 0 fully saturated rings. The van der Waals surface area contributed by atoms with E-state index in [4.69, 9.17) is 44.3 Å². The molecule has 0 saturated carbocycles. The highest BCUT2D eigenvalue weighted by molar-refractivity contribution is 6.35. The Kier molecular flexibility index (Phi) is 6.21. The van der Waals surface area contributed by atoms with Crippen molar-refractivity contribution in [3.05, 3.63) is 56.5 Å². The fourth-order valence-corrected chi connectivity index (χ4v) is 2.72. The van der Waals surface area contributed by atoms with Crippen molar-refractivity contribution in [2.75, 3.05) is 14.2 Å². The average molecular weight is 361 g/mol. The molecule has 2 aromatic rings. The Hall–Kier alpha value is -1.13. The highest BCUT2D eigenvalue weighted by Crippen LogP contribution is 2.33. The zero-order valence-electron chi connectivity index (χ0n) is 12.3. The lowest BCUT2D eigenvalue weighted by atomic mass is 10.1. The van der Waals surface area contributed by atoms with Gasteiger partial charge in [0, 0.05) is 34.2 Å². The Labute approximate surface area is 145 Å². The summed E-state index contributed by atoms with van der Waals surface area (Å²) in [6, 6.07) is 9.04. The van der Waals surface area contributed by atoms with Crippen molar-refractivity contribution in [3.8, 4) is 11.5 Å². The molecule has 2 rings (SSSR count). The van der Waals surface area contributed by atoms with Crippen LogP contribution in [0.15, 0.2) is 30.3 Å². The van der Waals surface area contributed by atoms with Crippen molar-refractivity contribution in [2.45, 2.75) is 13.1 Å². The van der Waals surface area contributed by atoms with Crippen molar-refractivity contribution in [1.82, 2.24) is 5.32 Å². The van der Waals surface area contributed by atoms with Crippen molar-refractivity contribution in [1.29, 1.82) is 0 Å². The second kappa shape index (κ2) is 7.93. The number of hydrogen-bond donors (Lipinski definition) is 1. The molecule has 3 nitrogen and oxygen atoms in total. The Balaban J connectivity index is 2.05. The minimum atomic E-state index is 0.581. The van der Waals surface area contributed by atoms with E-state index in [0.29, 0.717) is 39.7 Å². The van der Waals surface area contributed by atoms with Crippen LogP contribution < -0.4 is 14.8 Å². The molecule has 0 bridgehead atoms. The molecule has 118 valence electrons. The molecule has 0 aliphatic carbocycles. The van der Waals surface area contributed by atoms with Gasteiger partial charge in [0.05, 0.1) is 14.2 Å². The summed E-state index contributed by atoms with van der Waals surface area (Å²) in [5.41, 5.74) is 1.90. The van der Waals surface area contributed by atoms with Crippen molar-refractivity contribution in [2.24, 2.45) is 0 Å². The van der Waals surface area contributed by atoms with Crippen LogP contribution in [0.25, 0.3) is 0 Å². The van der Waals surface area contributed by atoms with E-state index in [-0.39, 0.29) is 0 Å². The van der Waals surface area contributed by atoms with Gasteiger partial charge in [-0.15, -0.1) is 0 Å². The minimum Gasteiger partial charge on any atom is -0.493 e. The third kappa shape index (κ3) is 4.20. The topological polar surface area (TPSA) is 30.5 Å². The van der Waals surface area contributed by atoms with E-state index in [2.05, 4.69) is 5.32 Å². The molecule has 0 amide bonds. The average Bonchev–Trinajstić information content (AvgIpc) is 2.50. The third-order valence-corrected chi connectivity index (χ3v) is 4.14. The smallest absolute Gasteiger partial charge is 0.162 e. The Morgan fingerprint density at radius 2 is 1.41 bits per heavy atom. The highest BCUT2D eigenvalue weighted by atomic mass is 35.5. The van der Waals surface area contributed by atoms with Crippen LogP contribution >= 0.6 is 34.8 Å². The Morgan fingerprint density at radius 1 is 0.818 bits per heavy atom. The fraction of sp³-hybridized carbons (Fsp3) is 0.250. The Bertz CT molecular complexity index is 662. The summed E-state index contributed by atoms with van der Waals surface area (Å²) < 4.78 is 10.5. The number of benzene rings is 2. The van der Waals surface area contributed by atoms with Gasteiger partial charge in [0.2, 0.25) is 0 Å². The lowest BCUT2D eigenvalue weighted by Gasteiger charge is -2.13. The summed E-state index contributed by atoms with van der Waals surface area (Å²) in [7, 11) is 3.17. The summed E-state index contributed by atoms with van der Waals surface area (Å²) in [6.07, 6.45) is 0. The first-order valence-electron chi connectivity index (χ1n) is 6.60. The normalized spacial score (nSPS) is 10.6. The monoisotopic (exact) mass is 359 g/mol. The molecule has 0 radical (unpaired) electrons. The van der Waals surface area contributed by atoms with Gasteiger partial charge >= 0.3 is 0 Å². The van der Waals surface area contributed by atoms with Crippen LogP contribution in [-0.4, -0.2) is 14.2 Å². The van der Waals surface area contributed by atoms with Crippen molar-refractivity contribution >= 4 is 34.8 Å². The van der Waals surface area contributed by atoms with E-state index in [1.807, 2.05) is 18.2 Å². The molecule has 0 aromatic heterocycles. The molecule has 2 aromatic carbocycles. The highest BCUT2D eigenvalue weighted by Gasteiger charge is 2.10. The summed E-state index contributed by atoms with van der Waals surface area (Å²) in [6.45, 7) is 1.19. The lowest BCUT2D eigenvalue weighted by molar-refractivity contribution is 0.354. The maximum atomic E-state index is 6.25. The van der Waals surface area contributed by atoms with Gasteiger partial charge in [0.1, 0.15) is 0 Å². The molecule has 1 N–H and O–H groups in total. The molecule has 22 heavy (non-hydrogen) atoms. The van der Waals surface area contributed by atoms with Gasteiger partial charge < -0.3 is 14.8 Å². The summed E-state index contributed by atoms with van der Waals surface area (Å²) in [5.74, 6) is 1.25. The second-order valence-electron chi connectivity index (χ2n) is 4.64. The second-order valence-corrected chi connectivity index (χ2v) is 5.89. The van der Waals surface area contributed by atoms with Crippen LogP contribution in [0, 0.1) is 0 Å². The van der Waals surface area contributed by atoms with Gasteiger partial charge in [-0.25, -0.2) is 0 Å². The van der Waals surface area contributed by atoms with Gasteiger partial charge in [-0.05, 0) is 29.3 Å². The maximum absolute atomic E-state index is 6.25. The van der Waals surface area contributed by atoms with Crippen LogP contribution in [0.3, 0.4) is 0 Å². The molecule has 0 spiro atoms. The van der Waals surface area contributed by atoms with Gasteiger partial charge in [0.25, 0.3) is 0 Å². The number of halogens is 3. The van der Waals surface area contributed by atoms with E-state index in [1.54, 1.807) is 26.4 Å². The van der Waals surface area contributed by atoms with E-state index in [9.17, 15) is 0 Å². The van der Waals surface area contributed by atoms with Gasteiger partial charge in [0.15, 0.2) is 11.5 Å². The van der Waals surface area contributed by atoms with Crippen LogP contribution in [0.4, 0.5) is 0 Å². The first-order valence-corrected chi connectivity index (χ1v) is 7.73. The molecule has 0 aliphatic heterocycles. The molecule has 0 aliphatic rings. The maximum Gasteiger partial charge on any atom is 0.162 e. The Morgan fingerprint density at radius 3 is 2.05 bits per heavy atom. The van der Waals surface area contributed by atoms with E-state index in [0.717, 1.165) is 11.1 Å². The molecule has 0 unspecified atom stereocenters. The van der Waals surface area contributed by atoms with Crippen LogP contribution in [0.5, 0.6) is 11.5 Å². The molecule has 6 heteroatoms. The minimum absolute atomic E-state index is 0.581. The summed E-state index contributed by atoms with van der Waals surface area (Å²) in [5, 5.41) is 5.18. The number of nitrogens with one attached hydrogen (secondary N) is 1. The quantitative estimate of drug-likeness (QED) is 0.790.